The molecule has 4 nitrogen and oxygen atoms in total. The van der Waals surface area contributed by atoms with E-state index in [0.717, 1.165) is 0 Å². The molecule has 17 heavy (non-hydrogen) atoms. The van der Waals surface area contributed by atoms with E-state index in [2.05, 4.69) is 5.32 Å². The predicted octanol–water partition coefficient (Wildman–Crippen LogP) is 1.88. The van der Waals surface area contributed by atoms with E-state index in [0.29, 0.717) is 18.8 Å². The Morgan fingerprint density at radius 3 is 2.24 bits per heavy atom. The molecule has 0 aliphatic heterocycles. The Morgan fingerprint density at radius 1 is 1.12 bits per heavy atom. The van der Waals surface area contributed by atoms with Crippen LogP contribution >= 0.6 is 0 Å². The lowest BCUT2D eigenvalue weighted by molar-refractivity contribution is -0.134. The van der Waals surface area contributed by atoms with Crippen LogP contribution in [-0.4, -0.2) is 29.8 Å². The quantitative estimate of drug-likeness (QED) is 0.791. The van der Waals surface area contributed by atoms with E-state index < -0.39 is 0 Å². The van der Waals surface area contributed by atoms with Crippen LogP contribution in [0.2, 0.25) is 0 Å². The molecule has 0 saturated heterocycles. The van der Waals surface area contributed by atoms with Gasteiger partial charge in [0.25, 0.3) is 0 Å². The highest BCUT2D eigenvalue weighted by Gasteiger charge is 2.14. The van der Waals surface area contributed by atoms with Crippen LogP contribution in [0.4, 0.5) is 5.69 Å². The van der Waals surface area contributed by atoms with E-state index in [1.807, 2.05) is 32.0 Å². The molecule has 0 aromatic heterocycles. The van der Waals surface area contributed by atoms with Gasteiger partial charge in [0.15, 0.2) is 0 Å². The lowest BCUT2D eigenvalue weighted by Gasteiger charge is -2.18. The van der Waals surface area contributed by atoms with E-state index in [1.54, 1.807) is 17.0 Å². The van der Waals surface area contributed by atoms with Gasteiger partial charge >= 0.3 is 0 Å². The van der Waals surface area contributed by atoms with Crippen molar-refractivity contribution in [3.63, 3.8) is 0 Å². The third kappa shape index (κ3) is 4.26. The Morgan fingerprint density at radius 2 is 1.71 bits per heavy atom. The zero-order chi connectivity index (χ0) is 12.7. The lowest BCUT2D eigenvalue weighted by atomic mass is 10.3. The normalized spacial score (nSPS) is 9.76. The van der Waals surface area contributed by atoms with Crippen LogP contribution in [-0.2, 0) is 9.59 Å². The number of hydrogen-bond acceptors (Lipinski definition) is 2. The first kappa shape index (κ1) is 13.2. The molecule has 92 valence electrons. The van der Waals surface area contributed by atoms with Gasteiger partial charge in [-0.2, -0.15) is 0 Å². The molecule has 0 bridgehead atoms. The number of amides is 2. The highest BCUT2D eigenvalue weighted by molar-refractivity contribution is 6.03. The van der Waals surface area contributed by atoms with Crippen molar-refractivity contribution in [3.8, 4) is 0 Å². The van der Waals surface area contributed by atoms with Gasteiger partial charge in [-0.3, -0.25) is 9.59 Å². The molecule has 0 heterocycles. The SMILES string of the molecule is CCN(CC)C(=O)CC(=O)Nc1ccccc1. The predicted molar refractivity (Wildman–Crippen MR) is 67.6 cm³/mol. The van der Waals surface area contributed by atoms with Crippen molar-refractivity contribution in [3.05, 3.63) is 30.3 Å². The van der Waals surface area contributed by atoms with Crippen LogP contribution in [0.15, 0.2) is 30.3 Å². The van der Waals surface area contributed by atoms with Gasteiger partial charge in [-0.25, -0.2) is 0 Å². The van der Waals surface area contributed by atoms with Crippen LogP contribution < -0.4 is 5.32 Å². The average molecular weight is 234 g/mol. The number of hydrogen-bond donors (Lipinski definition) is 1. The second-order valence-electron chi connectivity index (χ2n) is 3.66. The third-order valence-corrected chi connectivity index (χ3v) is 2.49. The van der Waals surface area contributed by atoms with Crippen molar-refractivity contribution in [1.82, 2.24) is 4.90 Å². The fourth-order valence-electron chi connectivity index (χ4n) is 1.55. The smallest absolute Gasteiger partial charge is 0.233 e. The Balaban J connectivity index is 2.47. The zero-order valence-electron chi connectivity index (χ0n) is 10.3. The summed E-state index contributed by atoms with van der Waals surface area (Å²) >= 11 is 0. The largest absolute Gasteiger partial charge is 0.343 e. The number of carbonyl (C=O) groups excluding carboxylic acids is 2. The topological polar surface area (TPSA) is 49.4 Å². The third-order valence-electron chi connectivity index (χ3n) is 2.49. The number of rotatable bonds is 5. The Labute approximate surface area is 102 Å². The first-order valence-corrected chi connectivity index (χ1v) is 5.80. The summed E-state index contributed by atoms with van der Waals surface area (Å²) in [5.74, 6) is -0.406. The number of anilines is 1. The van der Waals surface area contributed by atoms with Gasteiger partial charge in [0.1, 0.15) is 6.42 Å². The van der Waals surface area contributed by atoms with Gasteiger partial charge in [-0.15, -0.1) is 0 Å². The van der Waals surface area contributed by atoms with Crippen LogP contribution in [0.25, 0.3) is 0 Å². The van der Waals surface area contributed by atoms with Gasteiger partial charge in [-0.1, -0.05) is 18.2 Å². The summed E-state index contributed by atoms with van der Waals surface area (Å²) in [4.78, 5) is 24.9. The monoisotopic (exact) mass is 234 g/mol. The van der Waals surface area contributed by atoms with E-state index in [-0.39, 0.29) is 18.2 Å². The Hall–Kier alpha value is -1.84. The molecule has 1 aromatic carbocycles. The molecule has 0 saturated carbocycles. The first-order valence-electron chi connectivity index (χ1n) is 5.80. The molecule has 1 aromatic rings. The minimum Gasteiger partial charge on any atom is -0.343 e. The van der Waals surface area contributed by atoms with Crippen molar-refractivity contribution >= 4 is 17.5 Å². The fourth-order valence-corrected chi connectivity index (χ4v) is 1.55. The molecule has 0 spiro atoms. The van der Waals surface area contributed by atoms with Crippen molar-refractivity contribution in [1.29, 1.82) is 0 Å². The molecule has 2 amide bonds. The maximum atomic E-state index is 11.7. The summed E-state index contributed by atoms with van der Waals surface area (Å²) < 4.78 is 0. The summed E-state index contributed by atoms with van der Waals surface area (Å²) in [6.07, 6.45) is -0.101. The Kier molecular flexibility index (Phi) is 5.20. The molecular weight excluding hydrogens is 216 g/mol. The van der Waals surface area contributed by atoms with Gasteiger partial charge < -0.3 is 10.2 Å². The molecule has 1 N–H and O–H groups in total. The molecule has 0 aliphatic carbocycles. The zero-order valence-corrected chi connectivity index (χ0v) is 10.3. The maximum Gasteiger partial charge on any atom is 0.233 e. The van der Waals surface area contributed by atoms with Gasteiger partial charge in [-0.05, 0) is 26.0 Å². The highest BCUT2D eigenvalue weighted by Crippen LogP contribution is 2.06. The van der Waals surface area contributed by atoms with E-state index in [1.165, 1.54) is 0 Å². The number of benzene rings is 1. The molecular formula is C13H18N2O2. The van der Waals surface area contributed by atoms with Crippen molar-refractivity contribution in [2.24, 2.45) is 0 Å². The van der Waals surface area contributed by atoms with Crippen molar-refractivity contribution in [2.75, 3.05) is 18.4 Å². The minimum atomic E-state index is -0.270. The van der Waals surface area contributed by atoms with Crippen molar-refractivity contribution in [2.45, 2.75) is 20.3 Å². The maximum absolute atomic E-state index is 11.7. The van der Waals surface area contributed by atoms with Crippen LogP contribution in [0.1, 0.15) is 20.3 Å². The second kappa shape index (κ2) is 6.68. The van der Waals surface area contributed by atoms with Gasteiger partial charge in [0, 0.05) is 18.8 Å². The fraction of sp³-hybridized carbons (Fsp3) is 0.385. The summed E-state index contributed by atoms with van der Waals surface area (Å²) in [5, 5.41) is 2.69. The summed E-state index contributed by atoms with van der Waals surface area (Å²) in [5.41, 5.74) is 0.713. The standard InChI is InChI=1S/C13H18N2O2/c1-3-15(4-2)13(17)10-12(16)14-11-8-6-5-7-9-11/h5-9H,3-4,10H2,1-2H3,(H,14,16). The van der Waals surface area contributed by atoms with Crippen LogP contribution in [0.3, 0.4) is 0 Å². The molecule has 0 radical (unpaired) electrons. The van der Waals surface area contributed by atoms with Gasteiger partial charge in [0.2, 0.25) is 11.8 Å². The van der Waals surface area contributed by atoms with Crippen LogP contribution in [0.5, 0.6) is 0 Å². The molecule has 1 rings (SSSR count). The average Bonchev–Trinajstić information content (AvgIpc) is 2.31. The van der Waals surface area contributed by atoms with E-state index in [4.69, 9.17) is 0 Å². The minimum absolute atomic E-state index is 0.101. The second-order valence-corrected chi connectivity index (χ2v) is 3.66. The summed E-state index contributed by atoms with van der Waals surface area (Å²) in [6, 6.07) is 9.12. The summed E-state index contributed by atoms with van der Waals surface area (Å²) in [7, 11) is 0. The summed E-state index contributed by atoms with van der Waals surface area (Å²) in [6.45, 7) is 5.06. The number of carbonyl (C=O) groups is 2. The molecule has 0 atom stereocenters. The molecule has 0 fully saturated rings. The van der Waals surface area contributed by atoms with Gasteiger partial charge in [0.05, 0.1) is 0 Å². The molecule has 0 unspecified atom stereocenters. The lowest BCUT2D eigenvalue weighted by Crippen LogP contribution is -2.33. The van der Waals surface area contributed by atoms with Crippen LogP contribution in [0, 0.1) is 0 Å². The Bertz CT molecular complexity index is 372. The molecule has 0 aliphatic rings. The number of nitrogens with zero attached hydrogens (tertiary/aromatic N) is 1. The highest BCUT2D eigenvalue weighted by atomic mass is 16.2. The number of para-hydroxylation sites is 1. The first-order chi connectivity index (χ1) is 8.17. The van der Waals surface area contributed by atoms with E-state index in [9.17, 15) is 9.59 Å². The molecule has 4 heteroatoms. The van der Waals surface area contributed by atoms with Crippen molar-refractivity contribution < 1.29 is 9.59 Å². The number of nitrogens with one attached hydrogen (secondary N) is 1. The van der Waals surface area contributed by atoms with E-state index >= 15 is 0 Å².